The average Bonchev–Trinajstić information content (AvgIpc) is 1.90. The number of rotatable bonds is 1. The molecular formula is C8H8. The quantitative estimate of drug-likeness (QED) is 0.510. The van der Waals surface area contributed by atoms with Crippen molar-refractivity contribution in [3.8, 4) is 0 Å². The van der Waals surface area contributed by atoms with Gasteiger partial charge in [0, 0.05) is 0 Å². The monoisotopic (exact) mass is 104 g/mol. The largest absolute Gasteiger partial charge is 0.0612 e. The minimum absolute atomic E-state index is 1.03. The highest BCUT2D eigenvalue weighted by Gasteiger charge is 1.81. The maximum absolute atomic E-state index is 3.06. The number of hydrogen-bond acceptors (Lipinski definition) is 0. The van der Waals surface area contributed by atoms with E-state index >= 15 is 0 Å². The van der Waals surface area contributed by atoms with Gasteiger partial charge in [-0.1, -0.05) is 25.1 Å². The maximum Gasteiger partial charge on any atom is -0.0143 e. The van der Waals surface area contributed by atoms with E-state index in [1.54, 1.807) is 0 Å². The normalized spacial score (nSPS) is 9.12. The first-order valence-electron chi connectivity index (χ1n) is 2.80. The summed E-state index contributed by atoms with van der Waals surface area (Å²) in [6, 6.07) is 11.9. The molecule has 0 N–H and O–H groups in total. The van der Waals surface area contributed by atoms with Crippen LogP contribution in [0.4, 0.5) is 0 Å². The third-order valence-electron chi connectivity index (χ3n) is 1.06. The summed E-state index contributed by atoms with van der Waals surface area (Å²) < 4.78 is 0. The highest BCUT2D eigenvalue weighted by atomic mass is 13.9. The van der Waals surface area contributed by atoms with Crippen molar-refractivity contribution in [3.05, 3.63) is 35.9 Å². The van der Waals surface area contributed by atoms with Gasteiger partial charge in [0.15, 0.2) is 0 Å². The van der Waals surface area contributed by atoms with E-state index in [9.17, 15) is 0 Å². The third kappa shape index (κ3) is 1.09. The molecular weight excluding hydrogens is 96.1 g/mol. The van der Waals surface area contributed by atoms with Crippen molar-refractivity contribution in [2.75, 3.05) is 0 Å². The van der Waals surface area contributed by atoms with Crippen LogP contribution in [0.1, 0.15) is 12.5 Å². The van der Waals surface area contributed by atoms with Crippen LogP contribution in [0.2, 0.25) is 0 Å². The maximum atomic E-state index is 3.06. The fourth-order valence-electron chi connectivity index (χ4n) is 0.591. The van der Waals surface area contributed by atoms with E-state index in [2.05, 4.69) is 19.1 Å². The van der Waals surface area contributed by atoms with Gasteiger partial charge in [0.05, 0.1) is 0 Å². The van der Waals surface area contributed by atoms with Crippen LogP contribution in [0.3, 0.4) is 0 Å². The summed E-state index contributed by atoms with van der Waals surface area (Å²) in [6.45, 7) is 2.10. The van der Waals surface area contributed by atoms with Gasteiger partial charge >= 0.3 is 0 Å². The smallest absolute Gasteiger partial charge is 0.0143 e. The van der Waals surface area contributed by atoms with Crippen molar-refractivity contribution in [1.82, 2.24) is 0 Å². The fourth-order valence-corrected chi connectivity index (χ4v) is 0.591. The van der Waals surface area contributed by atoms with Crippen molar-refractivity contribution in [3.63, 3.8) is 0 Å². The van der Waals surface area contributed by atoms with Gasteiger partial charge in [0.1, 0.15) is 0 Å². The molecule has 0 heterocycles. The Balaban J connectivity index is 2.83. The van der Waals surface area contributed by atoms with Crippen LogP contribution < -0.4 is 0 Å². The Kier molecular flexibility index (Phi) is 1.68. The second-order valence-corrected chi connectivity index (χ2v) is 1.65. The molecule has 1 aromatic rings. The first-order valence-corrected chi connectivity index (χ1v) is 2.80. The van der Waals surface area contributed by atoms with Gasteiger partial charge in [-0.15, -0.1) is 0 Å². The van der Waals surface area contributed by atoms with Crippen LogP contribution in [0.15, 0.2) is 18.2 Å². The molecule has 0 amide bonds. The molecule has 8 heavy (non-hydrogen) atoms. The molecule has 2 radical (unpaired) electrons. The zero-order valence-electron chi connectivity index (χ0n) is 4.94. The van der Waals surface area contributed by atoms with Gasteiger partial charge in [0.2, 0.25) is 0 Å². The summed E-state index contributed by atoms with van der Waals surface area (Å²) in [7, 11) is 0. The Labute approximate surface area is 50.2 Å². The summed E-state index contributed by atoms with van der Waals surface area (Å²) in [5.74, 6) is 0. The zero-order valence-corrected chi connectivity index (χ0v) is 4.94. The Bertz CT molecular complexity index is 141. The summed E-state index contributed by atoms with van der Waals surface area (Å²) in [5.41, 5.74) is 1.16. The molecule has 0 spiro atoms. The second kappa shape index (κ2) is 2.51. The van der Waals surface area contributed by atoms with Crippen molar-refractivity contribution in [1.29, 1.82) is 0 Å². The SMILES string of the molecule is CCc1[c]ccc[c]1. The summed E-state index contributed by atoms with van der Waals surface area (Å²) in [4.78, 5) is 0. The minimum Gasteiger partial charge on any atom is -0.0612 e. The minimum atomic E-state index is 1.03. The molecule has 0 aliphatic carbocycles. The zero-order chi connectivity index (χ0) is 5.82. The van der Waals surface area contributed by atoms with Gasteiger partial charge in [-0.05, 0) is 24.1 Å². The molecule has 0 saturated carbocycles. The van der Waals surface area contributed by atoms with Crippen molar-refractivity contribution in [2.24, 2.45) is 0 Å². The Hall–Kier alpha value is -0.780. The van der Waals surface area contributed by atoms with Crippen LogP contribution in [0, 0.1) is 12.1 Å². The standard InChI is InChI=1S/C8H8/c1-2-8-6-4-3-5-7-8/h3-5H,2H2,1H3. The lowest BCUT2D eigenvalue weighted by Crippen LogP contribution is -1.75. The van der Waals surface area contributed by atoms with E-state index in [1.807, 2.05) is 18.2 Å². The average molecular weight is 104 g/mol. The molecule has 0 heteroatoms. The van der Waals surface area contributed by atoms with E-state index < -0.39 is 0 Å². The fraction of sp³-hybridized carbons (Fsp3) is 0.250. The lowest BCUT2D eigenvalue weighted by Gasteiger charge is -1.87. The Morgan fingerprint density at radius 3 is 2.38 bits per heavy atom. The second-order valence-electron chi connectivity index (χ2n) is 1.65. The van der Waals surface area contributed by atoms with Crippen molar-refractivity contribution < 1.29 is 0 Å². The van der Waals surface area contributed by atoms with Gasteiger partial charge < -0.3 is 0 Å². The molecule has 0 bridgehead atoms. The molecule has 0 saturated heterocycles. The lowest BCUT2D eigenvalue weighted by molar-refractivity contribution is 1.13. The van der Waals surface area contributed by atoms with Gasteiger partial charge in [-0.25, -0.2) is 0 Å². The predicted octanol–water partition coefficient (Wildman–Crippen LogP) is 1.85. The first kappa shape index (κ1) is 5.36. The molecule has 0 fully saturated rings. The van der Waals surface area contributed by atoms with Gasteiger partial charge in [0.25, 0.3) is 0 Å². The molecule has 1 rings (SSSR count). The van der Waals surface area contributed by atoms with Crippen LogP contribution in [0.25, 0.3) is 0 Å². The Morgan fingerprint density at radius 2 is 2.00 bits per heavy atom. The van der Waals surface area contributed by atoms with E-state index in [4.69, 9.17) is 0 Å². The van der Waals surface area contributed by atoms with Crippen LogP contribution >= 0.6 is 0 Å². The summed E-state index contributed by atoms with van der Waals surface area (Å²) >= 11 is 0. The molecule has 0 aromatic heterocycles. The van der Waals surface area contributed by atoms with Crippen LogP contribution in [0.5, 0.6) is 0 Å². The third-order valence-corrected chi connectivity index (χ3v) is 1.06. The topological polar surface area (TPSA) is 0 Å². The van der Waals surface area contributed by atoms with E-state index in [0.29, 0.717) is 0 Å². The summed E-state index contributed by atoms with van der Waals surface area (Å²) in [5, 5.41) is 0. The lowest BCUT2D eigenvalue weighted by atomic mass is 10.2. The van der Waals surface area contributed by atoms with E-state index in [1.165, 1.54) is 0 Å². The van der Waals surface area contributed by atoms with E-state index in [0.717, 1.165) is 12.0 Å². The van der Waals surface area contributed by atoms with Crippen molar-refractivity contribution in [2.45, 2.75) is 13.3 Å². The summed E-state index contributed by atoms with van der Waals surface area (Å²) in [6.07, 6.45) is 1.03. The van der Waals surface area contributed by atoms with Crippen molar-refractivity contribution >= 4 is 0 Å². The van der Waals surface area contributed by atoms with E-state index in [-0.39, 0.29) is 0 Å². The number of benzene rings is 1. The highest BCUT2D eigenvalue weighted by Crippen LogP contribution is 1.94. The molecule has 0 unspecified atom stereocenters. The molecule has 0 aliphatic rings. The molecule has 1 aromatic carbocycles. The molecule has 0 aliphatic heterocycles. The van der Waals surface area contributed by atoms with Crippen LogP contribution in [-0.4, -0.2) is 0 Å². The number of hydrogen-bond donors (Lipinski definition) is 0. The van der Waals surface area contributed by atoms with Gasteiger partial charge in [-0.3, -0.25) is 0 Å². The molecule has 0 atom stereocenters. The Morgan fingerprint density at radius 1 is 1.38 bits per heavy atom. The first-order chi connectivity index (χ1) is 3.93. The molecule has 0 nitrogen and oxygen atoms in total. The number of aryl methyl sites for hydroxylation is 1. The van der Waals surface area contributed by atoms with Gasteiger partial charge in [-0.2, -0.15) is 0 Å². The van der Waals surface area contributed by atoms with Crippen LogP contribution in [-0.2, 0) is 6.42 Å². The molecule has 40 valence electrons. The highest BCUT2D eigenvalue weighted by molar-refractivity contribution is 5.10. The predicted molar refractivity (Wildman–Crippen MR) is 33.5 cm³/mol.